The van der Waals surface area contributed by atoms with E-state index in [2.05, 4.69) is 10.4 Å². The molecule has 1 unspecified atom stereocenters. The lowest BCUT2D eigenvalue weighted by Crippen LogP contribution is -2.26. The molecule has 20 heavy (non-hydrogen) atoms. The molecule has 7 heteroatoms. The van der Waals surface area contributed by atoms with Crippen molar-refractivity contribution in [1.82, 2.24) is 15.1 Å². The molecule has 0 radical (unpaired) electrons. The van der Waals surface area contributed by atoms with Crippen LogP contribution < -0.4 is 5.32 Å². The molecule has 1 aromatic heterocycles. The Hall–Kier alpha value is -0.720. The number of rotatable bonds is 9. The molecule has 0 aliphatic heterocycles. The molecule has 0 fully saturated rings. The molecule has 116 valence electrons. The molecule has 1 atom stereocenters. The molecular formula is C13H22ClF2N3O. The maximum Gasteiger partial charge on any atom is 0.261 e. The van der Waals surface area contributed by atoms with Crippen molar-refractivity contribution in [2.45, 2.75) is 45.7 Å². The van der Waals surface area contributed by atoms with E-state index in [4.69, 9.17) is 16.3 Å². The zero-order valence-corrected chi connectivity index (χ0v) is 12.8. The molecule has 0 saturated carbocycles. The highest BCUT2D eigenvalue weighted by atomic mass is 35.5. The summed E-state index contributed by atoms with van der Waals surface area (Å²) in [4.78, 5) is 0. The van der Waals surface area contributed by atoms with Crippen LogP contribution in [0.3, 0.4) is 0 Å². The summed E-state index contributed by atoms with van der Waals surface area (Å²) >= 11 is 6.20. The third kappa shape index (κ3) is 5.00. The highest BCUT2D eigenvalue weighted by molar-refractivity contribution is 6.31. The topological polar surface area (TPSA) is 39.1 Å². The number of aromatic nitrogens is 2. The van der Waals surface area contributed by atoms with Gasteiger partial charge in [0.2, 0.25) is 0 Å². The first-order chi connectivity index (χ1) is 9.47. The van der Waals surface area contributed by atoms with Gasteiger partial charge in [0.1, 0.15) is 6.61 Å². The Bertz CT molecular complexity index is 399. The van der Waals surface area contributed by atoms with Gasteiger partial charge < -0.3 is 10.1 Å². The van der Waals surface area contributed by atoms with Gasteiger partial charge in [-0.3, -0.25) is 4.68 Å². The van der Waals surface area contributed by atoms with Gasteiger partial charge in [-0.1, -0.05) is 18.5 Å². The minimum Gasteiger partial charge on any atom is -0.375 e. The molecule has 0 aliphatic rings. The van der Waals surface area contributed by atoms with E-state index in [1.54, 1.807) is 6.20 Å². The summed E-state index contributed by atoms with van der Waals surface area (Å²) in [6, 6.07) is 0.121. The van der Waals surface area contributed by atoms with Gasteiger partial charge in [-0.2, -0.15) is 5.10 Å². The first-order valence-corrected chi connectivity index (χ1v) is 7.17. The minimum absolute atomic E-state index is 0.0601. The van der Waals surface area contributed by atoms with E-state index < -0.39 is 13.0 Å². The van der Waals surface area contributed by atoms with Crippen molar-refractivity contribution in [2.75, 3.05) is 19.8 Å². The van der Waals surface area contributed by atoms with Gasteiger partial charge in [0.25, 0.3) is 6.43 Å². The standard InChI is InChI=1S/C13H22ClF2N3O/c1-4-17-11(5-6-20-8-12(15)16)13-10(14)7-18-19(13)9(2)3/h7,9,11-12,17H,4-6,8H2,1-3H3. The van der Waals surface area contributed by atoms with Gasteiger partial charge in [-0.15, -0.1) is 0 Å². The molecule has 0 aromatic carbocycles. The Balaban J connectivity index is 2.72. The maximum atomic E-state index is 12.0. The van der Waals surface area contributed by atoms with Gasteiger partial charge in [0.05, 0.1) is 23.0 Å². The fourth-order valence-corrected chi connectivity index (χ4v) is 2.31. The van der Waals surface area contributed by atoms with Crippen molar-refractivity contribution in [1.29, 1.82) is 0 Å². The number of nitrogens with one attached hydrogen (secondary N) is 1. The van der Waals surface area contributed by atoms with E-state index >= 15 is 0 Å². The SMILES string of the molecule is CCNC(CCOCC(F)F)c1c(Cl)cnn1C(C)C. The van der Waals surface area contributed by atoms with E-state index in [-0.39, 0.29) is 18.7 Å². The van der Waals surface area contributed by atoms with Crippen LogP contribution >= 0.6 is 11.6 Å². The Morgan fingerprint density at radius 2 is 2.15 bits per heavy atom. The number of halogens is 3. The van der Waals surface area contributed by atoms with Gasteiger partial charge in [0.15, 0.2) is 0 Å². The number of ether oxygens (including phenoxy) is 1. The van der Waals surface area contributed by atoms with Crippen LogP contribution in [0.25, 0.3) is 0 Å². The Kier molecular flexibility index (Phi) is 7.40. The summed E-state index contributed by atoms with van der Waals surface area (Å²) in [7, 11) is 0. The average molecular weight is 310 g/mol. The van der Waals surface area contributed by atoms with E-state index in [1.807, 2.05) is 25.5 Å². The zero-order valence-electron chi connectivity index (χ0n) is 12.1. The number of hydrogen-bond acceptors (Lipinski definition) is 3. The average Bonchev–Trinajstić information content (AvgIpc) is 2.75. The van der Waals surface area contributed by atoms with Crippen LogP contribution in [0.5, 0.6) is 0 Å². The predicted octanol–water partition coefficient (Wildman–Crippen LogP) is 3.44. The van der Waals surface area contributed by atoms with Crippen molar-refractivity contribution < 1.29 is 13.5 Å². The Morgan fingerprint density at radius 1 is 1.45 bits per heavy atom. The van der Waals surface area contributed by atoms with Crippen molar-refractivity contribution >= 4 is 11.6 Å². The second kappa shape index (κ2) is 8.54. The summed E-state index contributed by atoms with van der Waals surface area (Å²) in [5.74, 6) is 0. The second-order valence-corrected chi connectivity index (χ2v) is 5.19. The number of hydrogen-bond donors (Lipinski definition) is 1. The highest BCUT2D eigenvalue weighted by Crippen LogP contribution is 2.27. The lowest BCUT2D eigenvalue weighted by molar-refractivity contribution is 0.0142. The lowest BCUT2D eigenvalue weighted by Gasteiger charge is -2.21. The molecule has 0 amide bonds. The van der Waals surface area contributed by atoms with Crippen molar-refractivity contribution in [2.24, 2.45) is 0 Å². The first-order valence-electron chi connectivity index (χ1n) is 6.79. The van der Waals surface area contributed by atoms with Crippen LogP contribution in [-0.4, -0.2) is 36.0 Å². The normalized spacial score (nSPS) is 13.4. The van der Waals surface area contributed by atoms with Crippen LogP contribution in [0.2, 0.25) is 5.02 Å². The predicted molar refractivity (Wildman–Crippen MR) is 75.5 cm³/mol. The van der Waals surface area contributed by atoms with Crippen LogP contribution in [0.4, 0.5) is 8.78 Å². The molecule has 0 saturated heterocycles. The van der Waals surface area contributed by atoms with E-state index in [0.717, 1.165) is 12.2 Å². The number of alkyl halides is 2. The van der Waals surface area contributed by atoms with Crippen LogP contribution in [0.1, 0.15) is 45.0 Å². The van der Waals surface area contributed by atoms with E-state index in [1.165, 1.54) is 0 Å². The van der Waals surface area contributed by atoms with Gasteiger partial charge in [0, 0.05) is 12.6 Å². The summed E-state index contributed by atoms with van der Waals surface area (Å²) in [5, 5.41) is 8.14. The summed E-state index contributed by atoms with van der Waals surface area (Å²) in [5.41, 5.74) is 0.879. The van der Waals surface area contributed by atoms with Crippen molar-refractivity contribution in [3.63, 3.8) is 0 Å². The molecule has 4 nitrogen and oxygen atoms in total. The van der Waals surface area contributed by atoms with Crippen molar-refractivity contribution in [3.05, 3.63) is 16.9 Å². The van der Waals surface area contributed by atoms with Crippen LogP contribution in [0, 0.1) is 0 Å². The maximum absolute atomic E-state index is 12.0. The third-order valence-electron chi connectivity index (χ3n) is 2.85. The third-order valence-corrected chi connectivity index (χ3v) is 3.14. The molecule has 0 aliphatic carbocycles. The Morgan fingerprint density at radius 3 is 2.70 bits per heavy atom. The molecule has 0 spiro atoms. The monoisotopic (exact) mass is 309 g/mol. The summed E-state index contributed by atoms with van der Waals surface area (Å²) in [6.07, 6.45) is -0.253. The van der Waals surface area contributed by atoms with Gasteiger partial charge in [-0.05, 0) is 26.8 Å². The molecular weight excluding hydrogens is 288 g/mol. The lowest BCUT2D eigenvalue weighted by atomic mass is 10.1. The Labute approximate surface area is 123 Å². The van der Waals surface area contributed by atoms with Gasteiger partial charge >= 0.3 is 0 Å². The molecule has 1 N–H and O–H groups in total. The van der Waals surface area contributed by atoms with Gasteiger partial charge in [-0.25, -0.2) is 8.78 Å². The summed E-state index contributed by atoms with van der Waals surface area (Å²) < 4.78 is 30.9. The minimum atomic E-state index is -2.43. The van der Waals surface area contributed by atoms with Crippen LogP contribution in [0.15, 0.2) is 6.20 Å². The summed E-state index contributed by atoms with van der Waals surface area (Å²) in [6.45, 7) is 6.49. The van der Waals surface area contributed by atoms with E-state index in [9.17, 15) is 8.78 Å². The van der Waals surface area contributed by atoms with E-state index in [0.29, 0.717) is 11.4 Å². The molecule has 1 aromatic rings. The quantitative estimate of drug-likeness (QED) is 0.710. The molecule has 0 bridgehead atoms. The second-order valence-electron chi connectivity index (χ2n) is 4.78. The largest absolute Gasteiger partial charge is 0.375 e. The van der Waals surface area contributed by atoms with Crippen molar-refractivity contribution in [3.8, 4) is 0 Å². The highest BCUT2D eigenvalue weighted by Gasteiger charge is 2.21. The number of nitrogens with zero attached hydrogens (tertiary/aromatic N) is 2. The fourth-order valence-electron chi connectivity index (χ4n) is 2.04. The fraction of sp³-hybridized carbons (Fsp3) is 0.769. The molecule has 1 heterocycles. The first kappa shape index (κ1) is 17.3. The molecule has 1 rings (SSSR count). The smallest absolute Gasteiger partial charge is 0.261 e. The zero-order chi connectivity index (χ0) is 15.1. The van der Waals surface area contributed by atoms with Crippen LogP contribution in [-0.2, 0) is 4.74 Å².